The number of likely N-dealkylation sites (N-methyl/N-ethyl adjacent to an activating group) is 1. The van der Waals surface area contributed by atoms with Gasteiger partial charge >= 0.3 is 0 Å². The predicted octanol–water partition coefficient (Wildman–Crippen LogP) is 0.340. The molecule has 8 nitrogen and oxygen atoms in total. The first-order valence-electron chi connectivity index (χ1n) is 7.09. The lowest BCUT2D eigenvalue weighted by Crippen LogP contribution is -2.30. The second-order valence-corrected chi connectivity index (χ2v) is 5.37. The number of nitrogens with zero attached hydrogens (tertiary/aromatic N) is 5. The third kappa shape index (κ3) is 2.70. The Hall–Kier alpha value is -3.03. The van der Waals surface area contributed by atoms with Crippen molar-refractivity contribution in [1.29, 1.82) is 0 Å². The summed E-state index contributed by atoms with van der Waals surface area (Å²) < 4.78 is 2.74. The second-order valence-electron chi connectivity index (χ2n) is 5.37. The van der Waals surface area contributed by atoms with Crippen LogP contribution >= 0.6 is 0 Å². The van der Waals surface area contributed by atoms with E-state index in [0.717, 1.165) is 16.8 Å². The van der Waals surface area contributed by atoms with Gasteiger partial charge in [-0.15, -0.1) is 5.10 Å². The Morgan fingerprint density at radius 2 is 1.91 bits per heavy atom. The molecule has 0 bridgehead atoms. The van der Waals surface area contributed by atoms with Crippen molar-refractivity contribution in [3.8, 4) is 5.69 Å². The zero-order valence-electron chi connectivity index (χ0n) is 13.1. The Morgan fingerprint density at radius 1 is 1.22 bits per heavy atom. The van der Waals surface area contributed by atoms with E-state index in [9.17, 15) is 9.59 Å². The fourth-order valence-electron chi connectivity index (χ4n) is 2.44. The van der Waals surface area contributed by atoms with E-state index in [4.69, 9.17) is 0 Å². The summed E-state index contributed by atoms with van der Waals surface area (Å²) in [4.78, 5) is 28.1. The first-order chi connectivity index (χ1) is 11.0. The van der Waals surface area contributed by atoms with E-state index < -0.39 is 5.56 Å². The summed E-state index contributed by atoms with van der Waals surface area (Å²) in [5, 5.41) is 10.4. The number of amides is 1. The Balaban J connectivity index is 2.13. The van der Waals surface area contributed by atoms with Gasteiger partial charge in [0.05, 0.1) is 5.69 Å². The molecule has 2 aromatic heterocycles. The van der Waals surface area contributed by atoms with Crippen LogP contribution in [-0.2, 0) is 11.3 Å². The van der Waals surface area contributed by atoms with E-state index in [1.807, 2.05) is 32.0 Å². The normalized spacial score (nSPS) is 10.9. The Labute approximate surface area is 131 Å². The summed E-state index contributed by atoms with van der Waals surface area (Å²) in [7, 11) is 1.51. The topological polar surface area (TPSA) is 94.7 Å². The Kier molecular flexibility index (Phi) is 3.65. The van der Waals surface area contributed by atoms with Crippen molar-refractivity contribution in [1.82, 2.24) is 29.9 Å². The molecule has 0 radical (unpaired) electrons. The number of carbonyl (C=O) groups is 1. The largest absolute Gasteiger partial charge is 0.358 e. The van der Waals surface area contributed by atoms with E-state index in [1.54, 1.807) is 0 Å². The molecular weight excluding hydrogens is 296 g/mol. The summed E-state index contributed by atoms with van der Waals surface area (Å²) >= 11 is 0. The predicted molar refractivity (Wildman–Crippen MR) is 84.5 cm³/mol. The average Bonchev–Trinajstić information content (AvgIpc) is 2.93. The van der Waals surface area contributed by atoms with Crippen LogP contribution in [0.3, 0.4) is 0 Å². The highest BCUT2D eigenvalue weighted by atomic mass is 16.2. The van der Waals surface area contributed by atoms with Gasteiger partial charge in [0.2, 0.25) is 5.91 Å². The van der Waals surface area contributed by atoms with Gasteiger partial charge in [0.15, 0.2) is 11.2 Å². The summed E-state index contributed by atoms with van der Waals surface area (Å²) in [5.74, 6) is -0.282. The molecule has 3 rings (SSSR count). The van der Waals surface area contributed by atoms with Crippen LogP contribution in [0.4, 0.5) is 0 Å². The SMILES string of the molecule is CNC(=O)Cn1cnc2c(nnn2-c2cc(C)cc(C)c2)c1=O. The molecular formula is C15H16N6O2. The van der Waals surface area contributed by atoms with Crippen LogP contribution in [-0.4, -0.2) is 37.5 Å². The zero-order chi connectivity index (χ0) is 16.6. The summed E-state index contributed by atoms with van der Waals surface area (Å²) in [6.07, 6.45) is 1.34. The Bertz CT molecular complexity index is 936. The molecule has 118 valence electrons. The standard InChI is InChI=1S/C15H16N6O2/c1-9-4-10(2)6-11(5-9)21-14-13(18-19-21)15(23)20(8-17-14)7-12(22)16-3/h4-6,8H,7H2,1-3H3,(H,16,22). The van der Waals surface area contributed by atoms with E-state index in [-0.39, 0.29) is 18.0 Å². The molecule has 1 aromatic carbocycles. The first-order valence-corrected chi connectivity index (χ1v) is 7.09. The van der Waals surface area contributed by atoms with Gasteiger partial charge in [-0.3, -0.25) is 14.2 Å². The van der Waals surface area contributed by atoms with Crippen molar-refractivity contribution in [2.24, 2.45) is 0 Å². The molecule has 0 aliphatic heterocycles. The summed E-state index contributed by atoms with van der Waals surface area (Å²) in [5.41, 5.74) is 3.06. The van der Waals surface area contributed by atoms with Gasteiger partial charge in [-0.2, -0.15) is 4.68 Å². The molecule has 0 fully saturated rings. The third-order valence-electron chi connectivity index (χ3n) is 3.47. The van der Waals surface area contributed by atoms with Crippen LogP contribution in [0.25, 0.3) is 16.9 Å². The minimum atomic E-state index is -0.394. The molecule has 8 heteroatoms. The second kappa shape index (κ2) is 5.64. The number of carbonyl (C=O) groups excluding carboxylic acids is 1. The number of aryl methyl sites for hydroxylation is 2. The number of rotatable bonds is 3. The highest BCUT2D eigenvalue weighted by Crippen LogP contribution is 2.15. The minimum absolute atomic E-state index is 0.102. The molecule has 1 amide bonds. The fraction of sp³-hybridized carbons (Fsp3) is 0.267. The van der Waals surface area contributed by atoms with E-state index >= 15 is 0 Å². The third-order valence-corrected chi connectivity index (χ3v) is 3.47. The van der Waals surface area contributed by atoms with Crippen molar-refractivity contribution in [2.75, 3.05) is 7.05 Å². The number of fused-ring (bicyclic) bond motifs is 1. The van der Waals surface area contributed by atoms with Gasteiger partial charge in [-0.1, -0.05) is 11.3 Å². The van der Waals surface area contributed by atoms with Gasteiger partial charge in [0, 0.05) is 7.05 Å². The smallest absolute Gasteiger partial charge is 0.284 e. The van der Waals surface area contributed by atoms with Gasteiger partial charge < -0.3 is 5.32 Å². The van der Waals surface area contributed by atoms with Crippen LogP contribution in [0.1, 0.15) is 11.1 Å². The maximum absolute atomic E-state index is 12.4. The minimum Gasteiger partial charge on any atom is -0.358 e. The molecule has 3 aromatic rings. The number of aromatic nitrogens is 5. The molecule has 0 unspecified atom stereocenters. The fourth-order valence-corrected chi connectivity index (χ4v) is 2.44. The lowest BCUT2D eigenvalue weighted by molar-refractivity contribution is -0.121. The van der Waals surface area contributed by atoms with Crippen LogP contribution in [0, 0.1) is 13.8 Å². The van der Waals surface area contributed by atoms with Gasteiger partial charge in [-0.25, -0.2) is 4.98 Å². The highest BCUT2D eigenvalue weighted by Gasteiger charge is 2.14. The summed E-state index contributed by atoms with van der Waals surface area (Å²) in [6.45, 7) is 3.87. The molecule has 0 saturated heterocycles. The van der Waals surface area contributed by atoms with Crippen molar-refractivity contribution in [3.63, 3.8) is 0 Å². The molecule has 0 atom stereocenters. The number of nitrogens with one attached hydrogen (secondary N) is 1. The van der Waals surface area contributed by atoms with Crippen LogP contribution in [0.5, 0.6) is 0 Å². The highest BCUT2D eigenvalue weighted by molar-refractivity contribution is 5.76. The molecule has 1 N–H and O–H groups in total. The quantitative estimate of drug-likeness (QED) is 0.752. The molecule has 2 heterocycles. The maximum Gasteiger partial charge on any atom is 0.284 e. The van der Waals surface area contributed by atoms with E-state index in [1.165, 1.54) is 22.6 Å². The van der Waals surface area contributed by atoms with Crippen molar-refractivity contribution in [3.05, 3.63) is 46.0 Å². The van der Waals surface area contributed by atoms with Crippen LogP contribution in [0.15, 0.2) is 29.3 Å². The monoisotopic (exact) mass is 312 g/mol. The molecule has 0 aliphatic carbocycles. The Morgan fingerprint density at radius 3 is 2.57 bits per heavy atom. The van der Waals surface area contributed by atoms with E-state index in [0.29, 0.717) is 5.65 Å². The van der Waals surface area contributed by atoms with Gasteiger partial charge in [-0.05, 0) is 37.1 Å². The first kappa shape index (κ1) is 14.9. The van der Waals surface area contributed by atoms with Crippen LogP contribution in [0.2, 0.25) is 0 Å². The lowest BCUT2D eigenvalue weighted by atomic mass is 10.1. The molecule has 0 aliphatic rings. The average molecular weight is 312 g/mol. The maximum atomic E-state index is 12.4. The molecule has 0 saturated carbocycles. The summed E-state index contributed by atoms with van der Waals surface area (Å²) in [6, 6.07) is 5.93. The molecule has 23 heavy (non-hydrogen) atoms. The zero-order valence-corrected chi connectivity index (χ0v) is 13.1. The van der Waals surface area contributed by atoms with Crippen molar-refractivity contribution >= 4 is 17.1 Å². The van der Waals surface area contributed by atoms with Crippen LogP contribution < -0.4 is 10.9 Å². The number of benzene rings is 1. The van der Waals surface area contributed by atoms with Gasteiger partial charge in [0.1, 0.15) is 12.9 Å². The lowest BCUT2D eigenvalue weighted by Gasteiger charge is -2.06. The molecule has 0 spiro atoms. The van der Waals surface area contributed by atoms with Crippen molar-refractivity contribution < 1.29 is 4.79 Å². The van der Waals surface area contributed by atoms with E-state index in [2.05, 4.69) is 20.6 Å². The number of hydrogen-bond acceptors (Lipinski definition) is 5. The van der Waals surface area contributed by atoms with Gasteiger partial charge in [0.25, 0.3) is 5.56 Å². The van der Waals surface area contributed by atoms with Crippen molar-refractivity contribution in [2.45, 2.75) is 20.4 Å². The number of hydrogen-bond donors (Lipinski definition) is 1.